The molecule has 5 nitrogen and oxygen atoms in total. The van der Waals surface area contributed by atoms with Crippen molar-refractivity contribution in [2.75, 3.05) is 0 Å². The number of aromatic nitrogens is 4. The summed E-state index contributed by atoms with van der Waals surface area (Å²) in [6, 6.07) is 92.9. The molecule has 0 aliphatic carbocycles. The maximum Gasteiger partial charge on any atom is 0.144 e. The number of rotatable bonds is 4. The molecule has 6 heterocycles. The molecule has 110 heavy (non-hydrogen) atoms. The summed E-state index contributed by atoms with van der Waals surface area (Å²) in [5, 5.41) is 31.6. The Labute approximate surface area is 656 Å². The maximum atomic E-state index is 6.67. The molecule has 0 N–H and O–H groups in total. The topological polar surface area (TPSA) is 32.9 Å². The first-order valence-corrected chi connectivity index (χ1v) is 42.4. The molecule has 0 aliphatic rings. The van der Waals surface area contributed by atoms with Crippen LogP contribution < -0.4 is 0 Å². The molecule has 564 valence electrons. The zero-order valence-electron chi connectivity index (χ0n) is 69.7. The van der Waals surface area contributed by atoms with Gasteiger partial charge in [-0.3, -0.25) is 0 Å². The van der Waals surface area contributed by atoms with E-state index in [0.717, 1.165) is 37.3 Å². The fourth-order valence-electron chi connectivity index (χ4n) is 16.7. The van der Waals surface area contributed by atoms with Gasteiger partial charge >= 0.3 is 0 Å². The van der Waals surface area contributed by atoms with Crippen molar-refractivity contribution in [1.29, 1.82) is 0 Å². The first kappa shape index (κ1) is 81.6. The molecule has 6 aromatic heterocycles. The van der Waals surface area contributed by atoms with E-state index in [2.05, 4.69) is 301 Å². The van der Waals surface area contributed by atoms with Crippen LogP contribution in [-0.2, 0) is 26.2 Å². The minimum Gasteiger partial charge on any atom is -0.455 e. The molecular formula is C104H116N4OS. The molecule has 0 aliphatic heterocycles. The third kappa shape index (κ3) is 13.4. The molecule has 0 fully saturated rings. The predicted molar refractivity (Wildman–Crippen MR) is 501 cm³/mol. The molecule has 0 bridgehead atoms. The molecule has 0 spiro atoms. The predicted octanol–water partition coefficient (Wildman–Crippen LogP) is 34.0. The standard InChI is InChI=1S/C30H24N2.C28H19NO.C28H19NS.9C2H6/c1-3-31-25-16-10-9-15-23(25)26-27-24-18-17-19-11-5-6-12-20(19)28(24)32(4-2)30(27)22-14-8-7-13-21(22)29(26)31;2*1-2-29-23-14-8-7-13-21(23)24-25-22-16-15-17-9-3-4-10-18(17)27(22)30-28(25)20-12-6-5-11-19(20)26(24)29;9*1-2/h5-18H,3-4H2,1-2H3;2*3-16H,2H2,1H3;9*1-2H3. The maximum absolute atomic E-state index is 6.67. The van der Waals surface area contributed by atoms with Crippen LogP contribution in [0.25, 0.3) is 194 Å². The highest BCUT2D eigenvalue weighted by Crippen LogP contribution is 2.51. The second-order valence-corrected chi connectivity index (χ2v) is 25.7. The first-order valence-electron chi connectivity index (χ1n) is 41.6. The van der Waals surface area contributed by atoms with Gasteiger partial charge in [0.05, 0.1) is 27.6 Å². The van der Waals surface area contributed by atoms with Crippen LogP contribution in [0.4, 0.5) is 0 Å². The number of fused-ring (bicyclic) bond motifs is 36. The number of thiophene rings is 1. The Kier molecular flexibility index (Phi) is 27.8. The second kappa shape index (κ2) is 37.5. The van der Waals surface area contributed by atoms with Crippen LogP contribution >= 0.6 is 11.3 Å². The van der Waals surface area contributed by atoms with Crippen molar-refractivity contribution in [1.82, 2.24) is 18.3 Å². The summed E-state index contributed by atoms with van der Waals surface area (Å²) in [5.74, 6) is 0. The monoisotopic (exact) mass is 1470 g/mol. The lowest BCUT2D eigenvalue weighted by Crippen LogP contribution is -1.96. The Hall–Kier alpha value is -10.9. The van der Waals surface area contributed by atoms with Gasteiger partial charge in [0.2, 0.25) is 0 Å². The van der Waals surface area contributed by atoms with E-state index < -0.39 is 0 Å². The molecule has 21 rings (SSSR count). The van der Waals surface area contributed by atoms with Crippen molar-refractivity contribution in [3.63, 3.8) is 0 Å². The molecule has 0 amide bonds. The van der Waals surface area contributed by atoms with E-state index in [1.165, 1.54) is 183 Å². The number of para-hydroxylation sites is 3. The second-order valence-electron chi connectivity index (χ2n) is 24.7. The van der Waals surface area contributed by atoms with Gasteiger partial charge in [-0.25, -0.2) is 0 Å². The van der Waals surface area contributed by atoms with Gasteiger partial charge in [-0.15, -0.1) is 11.3 Å². The van der Waals surface area contributed by atoms with Crippen molar-refractivity contribution in [3.8, 4) is 0 Å². The van der Waals surface area contributed by atoms with Crippen LogP contribution in [0.2, 0.25) is 0 Å². The van der Waals surface area contributed by atoms with Gasteiger partial charge in [0.25, 0.3) is 0 Å². The first-order chi connectivity index (χ1) is 54.6. The van der Waals surface area contributed by atoms with E-state index >= 15 is 0 Å². The lowest BCUT2D eigenvalue weighted by atomic mass is 9.98. The van der Waals surface area contributed by atoms with E-state index in [1.54, 1.807) is 0 Å². The molecule has 21 aromatic rings. The Bertz CT molecular complexity index is 6430. The number of nitrogens with zero attached hydrogens (tertiary/aromatic N) is 4. The van der Waals surface area contributed by atoms with Crippen LogP contribution in [0, 0.1) is 0 Å². The molecule has 0 saturated heterocycles. The van der Waals surface area contributed by atoms with Gasteiger partial charge in [0.1, 0.15) is 11.2 Å². The SMILES string of the molecule is CC.CC.CC.CC.CC.CC.CC.CC.CC.CCn1c2ccccc2c2c3c4ccc5ccccc5c4n(CC)c3c3ccccc3c21.CCn1c2ccccc2c2c3c4ccc5ccccc5c4oc3c3ccccc3c21.CCn1c2ccccc2c2c3c4ccc5ccccc5c4sc3c3ccccc3c21. The summed E-state index contributed by atoms with van der Waals surface area (Å²) >= 11 is 1.95. The Balaban J connectivity index is 0.000000159. The summed E-state index contributed by atoms with van der Waals surface area (Å²) in [5.41, 5.74) is 12.6. The van der Waals surface area contributed by atoms with E-state index in [1.807, 2.05) is 136 Å². The summed E-state index contributed by atoms with van der Waals surface area (Å²) in [6.07, 6.45) is 0. The number of hydrogen-bond acceptors (Lipinski definition) is 2. The molecule has 0 radical (unpaired) electrons. The minimum atomic E-state index is 0.929. The van der Waals surface area contributed by atoms with Crippen LogP contribution in [0.15, 0.2) is 259 Å². The van der Waals surface area contributed by atoms with Crippen LogP contribution in [0.1, 0.15) is 152 Å². The van der Waals surface area contributed by atoms with Crippen LogP contribution in [-0.4, -0.2) is 18.3 Å². The number of aryl methyl sites for hydroxylation is 4. The molecule has 6 heteroatoms. The summed E-state index contributed by atoms with van der Waals surface area (Å²) in [6.45, 7) is 48.8. The zero-order valence-corrected chi connectivity index (χ0v) is 70.5. The number of benzene rings is 15. The number of hydrogen-bond donors (Lipinski definition) is 0. The fourth-order valence-corrected chi connectivity index (χ4v) is 18.0. The summed E-state index contributed by atoms with van der Waals surface area (Å²) in [7, 11) is 0. The lowest BCUT2D eigenvalue weighted by molar-refractivity contribution is 0.676. The van der Waals surface area contributed by atoms with Crippen LogP contribution in [0.5, 0.6) is 0 Å². The van der Waals surface area contributed by atoms with Gasteiger partial charge in [-0.1, -0.05) is 355 Å². The molecular weight excluding hydrogens is 1350 g/mol. The third-order valence-corrected chi connectivity index (χ3v) is 21.6. The van der Waals surface area contributed by atoms with Crippen molar-refractivity contribution in [3.05, 3.63) is 255 Å². The van der Waals surface area contributed by atoms with E-state index in [0.29, 0.717) is 0 Å². The average molecular weight is 1470 g/mol. The lowest BCUT2D eigenvalue weighted by Gasteiger charge is -2.11. The Morgan fingerprint density at radius 1 is 0.200 bits per heavy atom. The van der Waals surface area contributed by atoms with Crippen molar-refractivity contribution >= 4 is 205 Å². The van der Waals surface area contributed by atoms with E-state index in [9.17, 15) is 0 Å². The summed E-state index contributed by atoms with van der Waals surface area (Å²) < 4.78 is 19.5. The minimum absolute atomic E-state index is 0.929. The molecule has 15 aromatic carbocycles. The molecule has 0 saturated carbocycles. The third-order valence-electron chi connectivity index (χ3n) is 20.3. The van der Waals surface area contributed by atoms with Gasteiger partial charge in [-0.05, 0) is 73.5 Å². The largest absolute Gasteiger partial charge is 0.455 e. The zero-order chi connectivity index (χ0) is 79.0. The van der Waals surface area contributed by atoms with E-state index in [4.69, 9.17) is 4.42 Å². The van der Waals surface area contributed by atoms with Crippen molar-refractivity contribution in [2.24, 2.45) is 0 Å². The van der Waals surface area contributed by atoms with Crippen LogP contribution in [0.3, 0.4) is 0 Å². The Morgan fingerprint density at radius 2 is 0.491 bits per heavy atom. The van der Waals surface area contributed by atoms with Crippen molar-refractivity contribution in [2.45, 2.75) is 179 Å². The highest BCUT2D eigenvalue weighted by molar-refractivity contribution is 7.27. The van der Waals surface area contributed by atoms with E-state index in [-0.39, 0.29) is 0 Å². The van der Waals surface area contributed by atoms with Gasteiger partial charge in [-0.2, -0.15) is 0 Å². The average Bonchev–Trinajstić information content (AvgIpc) is 1.55. The highest BCUT2D eigenvalue weighted by Gasteiger charge is 2.26. The summed E-state index contributed by atoms with van der Waals surface area (Å²) in [4.78, 5) is 0. The van der Waals surface area contributed by atoms with Gasteiger partial charge < -0.3 is 22.7 Å². The fraction of sp³-hybridized carbons (Fsp3) is 0.250. The normalized spacial score (nSPS) is 10.8. The quantitative estimate of drug-likeness (QED) is 0.173. The molecule has 0 unspecified atom stereocenters. The van der Waals surface area contributed by atoms with Gasteiger partial charge in [0, 0.05) is 160 Å². The van der Waals surface area contributed by atoms with Gasteiger partial charge in [0.15, 0.2) is 0 Å². The molecule has 0 atom stereocenters. The smallest absolute Gasteiger partial charge is 0.144 e. The van der Waals surface area contributed by atoms with Crippen molar-refractivity contribution < 1.29 is 4.42 Å². The Morgan fingerprint density at radius 3 is 0.936 bits per heavy atom. The highest BCUT2D eigenvalue weighted by atomic mass is 32.1. The number of furan rings is 1.